The molecule has 3 aromatic heterocycles. The molecule has 1 unspecified atom stereocenters. The lowest BCUT2D eigenvalue weighted by Gasteiger charge is -2.31. The third-order valence-electron chi connectivity index (χ3n) is 4.35. The molecule has 0 bridgehead atoms. The average molecular weight is 336 g/mol. The summed E-state index contributed by atoms with van der Waals surface area (Å²) in [5.41, 5.74) is 2.18. The van der Waals surface area contributed by atoms with E-state index in [1.165, 1.54) is 6.42 Å². The molecule has 0 saturated carbocycles. The van der Waals surface area contributed by atoms with Gasteiger partial charge in [-0.2, -0.15) is 0 Å². The van der Waals surface area contributed by atoms with Gasteiger partial charge in [0.05, 0.1) is 24.4 Å². The lowest BCUT2D eigenvalue weighted by molar-refractivity contribution is 0.196. The van der Waals surface area contributed by atoms with Crippen LogP contribution in [0.5, 0.6) is 0 Å². The Morgan fingerprint density at radius 1 is 1.12 bits per heavy atom. The molecule has 0 spiro atoms. The van der Waals surface area contributed by atoms with Gasteiger partial charge in [0, 0.05) is 43.3 Å². The Bertz CT molecular complexity index is 772. The number of hydrogen-bond donors (Lipinski definition) is 2. The summed E-state index contributed by atoms with van der Waals surface area (Å²) in [6.07, 6.45) is 12.9. The number of aromatic nitrogens is 6. The maximum atomic E-state index is 4.60. The minimum Gasteiger partial charge on any atom is -0.347 e. The van der Waals surface area contributed by atoms with E-state index in [4.69, 9.17) is 0 Å². The first kappa shape index (κ1) is 15.6. The number of imidazole rings is 1. The fourth-order valence-corrected chi connectivity index (χ4v) is 3.14. The molecular formula is C17H20N8. The first-order valence-corrected chi connectivity index (χ1v) is 8.42. The fraction of sp³-hybridized carbons (Fsp3) is 0.353. The summed E-state index contributed by atoms with van der Waals surface area (Å²) in [5, 5.41) is 3.06. The van der Waals surface area contributed by atoms with Gasteiger partial charge in [0.15, 0.2) is 5.82 Å². The summed E-state index contributed by atoms with van der Waals surface area (Å²) in [6.45, 7) is 2.99. The standard InChI is InChI=1S/C17H20N8/c1-3-13(10-25(6-1)11-14-7-18-12-23-14)15-8-22-16(9-21-15)24-17-19-4-2-5-20-17/h2,4-5,7-9,12-13H,1,3,6,10-11H2,(H,18,23)(H,19,20,22,24). The molecule has 4 heterocycles. The van der Waals surface area contributed by atoms with Crippen LogP contribution in [0.15, 0.2) is 43.4 Å². The minimum absolute atomic E-state index is 0.409. The molecule has 0 radical (unpaired) electrons. The Hall–Kier alpha value is -2.87. The molecule has 4 rings (SSSR count). The molecule has 25 heavy (non-hydrogen) atoms. The van der Waals surface area contributed by atoms with E-state index in [0.29, 0.717) is 17.7 Å². The van der Waals surface area contributed by atoms with Gasteiger partial charge >= 0.3 is 0 Å². The van der Waals surface area contributed by atoms with Crippen LogP contribution in [-0.2, 0) is 6.54 Å². The van der Waals surface area contributed by atoms with Crippen LogP contribution in [0.4, 0.5) is 11.8 Å². The molecular weight excluding hydrogens is 316 g/mol. The topological polar surface area (TPSA) is 95.5 Å². The maximum absolute atomic E-state index is 4.60. The smallest absolute Gasteiger partial charge is 0.228 e. The van der Waals surface area contributed by atoms with Crippen molar-refractivity contribution in [2.75, 3.05) is 18.4 Å². The van der Waals surface area contributed by atoms with Crippen molar-refractivity contribution in [3.8, 4) is 0 Å². The molecule has 0 amide bonds. The molecule has 128 valence electrons. The molecule has 2 N–H and O–H groups in total. The van der Waals surface area contributed by atoms with E-state index in [-0.39, 0.29) is 0 Å². The SMILES string of the molecule is c1cnc(Nc2cnc(C3CCCN(Cc4cnc[nH]4)C3)cn2)nc1. The zero-order valence-corrected chi connectivity index (χ0v) is 13.8. The van der Waals surface area contributed by atoms with Gasteiger partial charge in [-0.1, -0.05) is 0 Å². The Morgan fingerprint density at radius 2 is 2.04 bits per heavy atom. The monoisotopic (exact) mass is 336 g/mol. The third kappa shape index (κ3) is 3.97. The number of H-pyrrole nitrogens is 1. The van der Waals surface area contributed by atoms with Gasteiger partial charge < -0.3 is 10.3 Å². The van der Waals surface area contributed by atoms with Gasteiger partial charge in [0.1, 0.15) is 0 Å². The number of nitrogens with one attached hydrogen (secondary N) is 2. The molecule has 1 saturated heterocycles. The number of likely N-dealkylation sites (tertiary alicyclic amines) is 1. The van der Waals surface area contributed by atoms with Gasteiger partial charge in [0.2, 0.25) is 5.95 Å². The van der Waals surface area contributed by atoms with Crippen LogP contribution >= 0.6 is 0 Å². The van der Waals surface area contributed by atoms with Crippen LogP contribution in [0, 0.1) is 0 Å². The van der Waals surface area contributed by atoms with E-state index in [0.717, 1.165) is 37.4 Å². The van der Waals surface area contributed by atoms with Crippen molar-refractivity contribution in [2.24, 2.45) is 0 Å². The molecule has 1 atom stereocenters. The van der Waals surface area contributed by atoms with Crippen LogP contribution < -0.4 is 5.32 Å². The normalized spacial score (nSPS) is 18.2. The van der Waals surface area contributed by atoms with Crippen molar-refractivity contribution in [1.29, 1.82) is 0 Å². The van der Waals surface area contributed by atoms with Crippen molar-refractivity contribution in [2.45, 2.75) is 25.3 Å². The Morgan fingerprint density at radius 3 is 2.80 bits per heavy atom. The van der Waals surface area contributed by atoms with Crippen LogP contribution in [0.2, 0.25) is 0 Å². The second-order valence-electron chi connectivity index (χ2n) is 6.18. The van der Waals surface area contributed by atoms with E-state index in [1.807, 2.05) is 12.4 Å². The number of nitrogens with zero attached hydrogens (tertiary/aromatic N) is 6. The van der Waals surface area contributed by atoms with Gasteiger partial charge in [-0.05, 0) is 25.5 Å². The molecule has 1 aliphatic heterocycles. The summed E-state index contributed by atoms with van der Waals surface area (Å²) in [6, 6.07) is 1.78. The van der Waals surface area contributed by atoms with Crippen LogP contribution in [0.1, 0.15) is 30.1 Å². The molecule has 0 aliphatic carbocycles. The van der Waals surface area contributed by atoms with Crippen LogP contribution in [0.25, 0.3) is 0 Å². The van der Waals surface area contributed by atoms with Crippen LogP contribution in [0.3, 0.4) is 0 Å². The molecule has 0 aromatic carbocycles. The van der Waals surface area contributed by atoms with Crippen LogP contribution in [-0.4, -0.2) is 47.9 Å². The highest BCUT2D eigenvalue weighted by Crippen LogP contribution is 2.26. The first-order valence-electron chi connectivity index (χ1n) is 8.42. The van der Waals surface area contributed by atoms with Crippen molar-refractivity contribution >= 4 is 11.8 Å². The summed E-state index contributed by atoms with van der Waals surface area (Å²) in [5.74, 6) is 1.58. The van der Waals surface area contributed by atoms with Crippen molar-refractivity contribution < 1.29 is 0 Å². The lowest BCUT2D eigenvalue weighted by Crippen LogP contribution is -2.34. The quantitative estimate of drug-likeness (QED) is 0.736. The van der Waals surface area contributed by atoms with Gasteiger partial charge in [-0.25, -0.2) is 19.9 Å². The predicted octanol–water partition coefficient (Wildman–Crippen LogP) is 2.11. The zero-order chi connectivity index (χ0) is 16.9. The zero-order valence-electron chi connectivity index (χ0n) is 13.8. The molecule has 8 nitrogen and oxygen atoms in total. The van der Waals surface area contributed by atoms with E-state index in [9.17, 15) is 0 Å². The number of hydrogen-bond acceptors (Lipinski definition) is 7. The van der Waals surface area contributed by atoms with E-state index < -0.39 is 0 Å². The Kier molecular flexibility index (Phi) is 4.60. The highest BCUT2D eigenvalue weighted by atomic mass is 15.2. The number of aromatic amines is 1. The van der Waals surface area contributed by atoms with E-state index >= 15 is 0 Å². The van der Waals surface area contributed by atoms with Crippen molar-refractivity contribution in [3.63, 3.8) is 0 Å². The Labute approximate surface area is 145 Å². The summed E-state index contributed by atoms with van der Waals surface area (Å²) in [4.78, 5) is 27.0. The van der Waals surface area contributed by atoms with Gasteiger partial charge in [0.25, 0.3) is 0 Å². The molecule has 3 aromatic rings. The van der Waals surface area contributed by atoms with Gasteiger partial charge in [-0.3, -0.25) is 9.88 Å². The maximum Gasteiger partial charge on any atom is 0.228 e. The number of anilines is 2. The third-order valence-corrected chi connectivity index (χ3v) is 4.35. The highest BCUT2D eigenvalue weighted by Gasteiger charge is 2.23. The van der Waals surface area contributed by atoms with Gasteiger partial charge in [-0.15, -0.1) is 0 Å². The molecule has 1 aliphatic rings. The largest absolute Gasteiger partial charge is 0.347 e. The molecule has 1 fully saturated rings. The van der Waals surface area contributed by atoms with E-state index in [2.05, 4.69) is 40.1 Å². The van der Waals surface area contributed by atoms with E-state index in [1.54, 1.807) is 31.0 Å². The summed E-state index contributed by atoms with van der Waals surface area (Å²) >= 11 is 0. The Balaban J connectivity index is 1.39. The molecule has 8 heteroatoms. The summed E-state index contributed by atoms with van der Waals surface area (Å²) < 4.78 is 0. The predicted molar refractivity (Wildman–Crippen MR) is 93.2 cm³/mol. The second kappa shape index (κ2) is 7.35. The number of rotatable bonds is 5. The van der Waals surface area contributed by atoms with Crippen molar-refractivity contribution in [1.82, 2.24) is 34.8 Å². The summed E-state index contributed by atoms with van der Waals surface area (Å²) in [7, 11) is 0. The average Bonchev–Trinajstić information content (AvgIpc) is 3.16. The van der Waals surface area contributed by atoms with Crippen molar-refractivity contribution in [3.05, 3.63) is 54.8 Å². The number of piperidine rings is 1. The first-order chi connectivity index (χ1) is 12.4. The lowest BCUT2D eigenvalue weighted by atomic mass is 9.95. The second-order valence-corrected chi connectivity index (χ2v) is 6.18. The minimum atomic E-state index is 0.409. The fourth-order valence-electron chi connectivity index (χ4n) is 3.14. The highest BCUT2D eigenvalue weighted by molar-refractivity contribution is 5.45.